The highest BCUT2D eigenvalue weighted by Crippen LogP contribution is 2.21. The molecule has 2 heterocycles. The molecule has 0 saturated carbocycles. The fourth-order valence-electron chi connectivity index (χ4n) is 1.55. The Bertz CT molecular complexity index is 526. The number of rotatable bonds is 6. The van der Waals surface area contributed by atoms with Crippen molar-refractivity contribution in [3.05, 3.63) is 46.7 Å². The zero-order valence-electron chi connectivity index (χ0n) is 9.89. The van der Waals surface area contributed by atoms with Gasteiger partial charge in [0.25, 0.3) is 0 Å². The Morgan fingerprint density at radius 2 is 2.21 bits per heavy atom. The third-order valence-corrected chi connectivity index (χ3v) is 2.46. The predicted octanol–water partition coefficient (Wildman–Crippen LogP) is 1.51. The Morgan fingerprint density at radius 1 is 1.47 bits per heavy atom. The zero-order valence-corrected chi connectivity index (χ0v) is 9.89. The molecule has 0 bridgehead atoms. The largest absolute Gasteiger partial charge is 0.467 e. The van der Waals surface area contributed by atoms with Gasteiger partial charge in [0.15, 0.2) is 0 Å². The summed E-state index contributed by atoms with van der Waals surface area (Å²) in [5, 5.41) is 22.4. The first-order chi connectivity index (χ1) is 9.20. The average Bonchev–Trinajstić information content (AvgIpc) is 2.92. The quantitative estimate of drug-likeness (QED) is 0.600. The van der Waals surface area contributed by atoms with Crippen LogP contribution in [0.4, 0.5) is 11.6 Å². The summed E-state index contributed by atoms with van der Waals surface area (Å²) >= 11 is 0. The summed E-state index contributed by atoms with van der Waals surface area (Å²) in [6.07, 6.45) is 4.17. The van der Waals surface area contributed by atoms with E-state index < -0.39 is 4.92 Å². The molecular weight excluding hydrogens is 252 g/mol. The molecule has 2 aromatic rings. The number of anilines is 1. The molecule has 0 saturated heterocycles. The highest BCUT2D eigenvalue weighted by molar-refractivity contribution is 5.32. The van der Waals surface area contributed by atoms with E-state index in [1.807, 2.05) is 0 Å². The first kappa shape index (κ1) is 13.0. The van der Waals surface area contributed by atoms with E-state index in [0.717, 1.165) is 12.4 Å². The molecule has 2 aromatic heterocycles. The third kappa shape index (κ3) is 3.26. The van der Waals surface area contributed by atoms with Crippen molar-refractivity contribution >= 4 is 11.6 Å². The highest BCUT2D eigenvalue weighted by Gasteiger charge is 2.15. The maximum atomic E-state index is 10.5. The van der Waals surface area contributed by atoms with Gasteiger partial charge in [-0.15, -0.1) is 0 Å². The zero-order chi connectivity index (χ0) is 13.7. The fraction of sp³-hybridized carbons (Fsp3) is 0.273. The lowest BCUT2D eigenvalue weighted by Crippen LogP contribution is -2.13. The molecule has 1 unspecified atom stereocenters. The molecule has 0 aliphatic heterocycles. The standard InChI is InChI=1S/C11H12N4O4/c16-4-3-9(10-2-1-5-19-10)14-11-12-6-8(7-13-11)15(17)18/h1-2,5-7,9,16H,3-4H2,(H,12,13,14). The van der Waals surface area contributed by atoms with Gasteiger partial charge in [-0.2, -0.15) is 0 Å². The molecule has 8 heteroatoms. The van der Waals surface area contributed by atoms with Crippen LogP contribution >= 0.6 is 0 Å². The summed E-state index contributed by atoms with van der Waals surface area (Å²) in [5.74, 6) is 0.872. The molecular formula is C11H12N4O4. The maximum absolute atomic E-state index is 10.5. The van der Waals surface area contributed by atoms with Crippen LogP contribution in [-0.4, -0.2) is 26.6 Å². The molecule has 0 radical (unpaired) electrons. The van der Waals surface area contributed by atoms with E-state index in [4.69, 9.17) is 9.52 Å². The van der Waals surface area contributed by atoms with E-state index in [1.165, 1.54) is 6.26 Å². The van der Waals surface area contributed by atoms with E-state index in [2.05, 4.69) is 15.3 Å². The molecule has 0 fully saturated rings. The van der Waals surface area contributed by atoms with Crippen molar-refractivity contribution in [2.24, 2.45) is 0 Å². The van der Waals surface area contributed by atoms with Crippen LogP contribution in [0, 0.1) is 10.1 Å². The Hall–Kier alpha value is -2.48. The van der Waals surface area contributed by atoms with Crippen molar-refractivity contribution in [3.63, 3.8) is 0 Å². The second-order valence-corrected chi connectivity index (χ2v) is 3.75. The summed E-state index contributed by atoms with van der Waals surface area (Å²) in [4.78, 5) is 17.6. The second-order valence-electron chi connectivity index (χ2n) is 3.75. The van der Waals surface area contributed by atoms with Crippen LogP contribution in [0.1, 0.15) is 18.2 Å². The number of aromatic nitrogens is 2. The minimum absolute atomic E-state index is 0.0364. The van der Waals surface area contributed by atoms with E-state index in [0.29, 0.717) is 12.2 Å². The molecule has 2 rings (SSSR count). The van der Waals surface area contributed by atoms with Gasteiger partial charge < -0.3 is 14.8 Å². The monoisotopic (exact) mass is 264 g/mol. The fourth-order valence-corrected chi connectivity index (χ4v) is 1.55. The van der Waals surface area contributed by atoms with Gasteiger partial charge in [-0.3, -0.25) is 10.1 Å². The van der Waals surface area contributed by atoms with E-state index in [-0.39, 0.29) is 24.3 Å². The topological polar surface area (TPSA) is 114 Å². The summed E-state index contributed by atoms with van der Waals surface area (Å²) in [6, 6.07) is 3.21. The van der Waals surface area contributed by atoms with Gasteiger partial charge in [0.1, 0.15) is 18.2 Å². The first-order valence-electron chi connectivity index (χ1n) is 5.58. The third-order valence-electron chi connectivity index (χ3n) is 2.46. The molecule has 0 aromatic carbocycles. The van der Waals surface area contributed by atoms with Crippen LogP contribution in [0.25, 0.3) is 0 Å². The van der Waals surface area contributed by atoms with Gasteiger partial charge >= 0.3 is 5.69 Å². The van der Waals surface area contributed by atoms with Gasteiger partial charge in [-0.25, -0.2) is 9.97 Å². The van der Waals surface area contributed by atoms with Gasteiger partial charge in [-0.1, -0.05) is 0 Å². The minimum Gasteiger partial charge on any atom is -0.467 e. The van der Waals surface area contributed by atoms with Crippen LogP contribution < -0.4 is 5.32 Å². The number of furan rings is 1. The SMILES string of the molecule is O=[N+]([O-])c1cnc(NC(CCO)c2ccco2)nc1. The van der Waals surface area contributed by atoms with Crippen LogP contribution in [0.3, 0.4) is 0 Å². The summed E-state index contributed by atoms with van der Waals surface area (Å²) < 4.78 is 5.24. The number of aliphatic hydroxyl groups excluding tert-OH is 1. The van der Waals surface area contributed by atoms with Gasteiger partial charge in [0, 0.05) is 6.61 Å². The van der Waals surface area contributed by atoms with E-state index in [1.54, 1.807) is 12.1 Å². The molecule has 0 spiro atoms. The Balaban J connectivity index is 2.11. The first-order valence-corrected chi connectivity index (χ1v) is 5.58. The lowest BCUT2D eigenvalue weighted by atomic mass is 10.1. The van der Waals surface area contributed by atoms with Crippen LogP contribution in [0.5, 0.6) is 0 Å². The smallest absolute Gasteiger partial charge is 0.305 e. The number of nitrogens with one attached hydrogen (secondary N) is 1. The van der Waals surface area contributed by atoms with Crippen molar-refractivity contribution < 1.29 is 14.4 Å². The molecule has 0 amide bonds. The van der Waals surface area contributed by atoms with E-state index >= 15 is 0 Å². The van der Waals surface area contributed by atoms with Crippen LogP contribution in [-0.2, 0) is 0 Å². The van der Waals surface area contributed by atoms with Crippen molar-refractivity contribution in [1.82, 2.24) is 9.97 Å². The molecule has 1 atom stereocenters. The van der Waals surface area contributed by atoms with Gasteiger partial charge in [0.05, 0.1) is 17.2 Å². The normalized spacial score (nSPS) is 12.1. The average molecular weight is 264 g/mol. The lowest BCUT2D eigenvalue weighted by molar-refractivity contribution is -0.385. The Kier molecular flexibility index (Phi) is 4.04. The summed E-state index contributed by atoms with van der Waals surface area (Å²) in [6.45, 7) is -0.0364. The maximum Gasteiger partial charge on any atom is 0.305 e. The highest BCUT2D eigenvalue weighted by atomic mass is 16.6. The van der Waals surface area contributed by atoms with Gasteiger partial charge in [0.2, 0.25) is 5.95 Å². The van der Waals surface area contributed by atoms with Crippen molar-refractivity contribution in [1.29, 1.82) is 0 Å². The van der Waals surface area contributed by atoms with Crippen molar-refractivity contribution in [3.8, 4) is 0 Å². The molecule has 19 heavy (non-hydrogen) atoms. The number of nitro groups is 1. The summed E-state index contributed by atoms with van der Waals surface area (Å²) in [5.41, 5.74) is -0.178. The van der Waals surface area contributed by atoms with Crippen LogP contribution in [0.15, 0.2) is 35.2 Å². The molecule has 0 aliphatic carbocycles. The second kappa shape index (κ2) is 5.91. The number of aliphatic hydroxyl groups is 1. The number of nitrogens with zero attached hydrogens (tertiary/aromatic N) is 3. The molecule has 2 N–H and O–H groups in total. The van der Waals surface area contributed by atoms with Gasteiger partial charge in [-0.05, 0) is 18.6 Å². The molecule has 100 valence electrons. The Morgan fingerprint density at radius 3 is 2.74 bits per heavy atom. The van der Waals surface area contributed by atoms with Crippen molar-refractivity contribution in [2.45, 2.75) is 12.5 Å². The van der Waals surface area contributed by atoms with Crippen LogP contribution in [0.2, 0.25) is 0 Å². The summed E-state index contributed by atoms with van der Waals surface area (Å²) in [7, 11) is 0. The predicted molar refractivity (Wildman–Crippen MR) is 65.5 cm³/mol. The minimum atomic E-state index is -0.568. The lowest BCUT2D eigenvalue weighted by Gasteiger charge is -2.14. The number of hydrogen-bond acceptors (Lipinski definition) is 7. The van der Waals surface area contributed by atoms with E-state index in [9.17, 15) is 10.1 Å². The van der Waals surface area contributed by atoms with Crippen molar-refractivity contribution in [2.75, 3.05) is 11.9 Å². The number of hydrogen-bond donors (Lipinski definition) is 2. The molecule has 0 aliphatic rings. The Labute approximate surface area is 108 Å². The molecule has 8 nitrogen and oxygen atoms in total.